The summed E-state index contributed by atoms with van der Waals surface area (Å²) in [5, 5.41) is 0. The van der Waals surface area contributed by atoms with Crippen LogP contribution >= 0.6 is 0 Å². The van der Waals surface area contributed by atoms with E-state index in [4.69, 9.17) is 0 Å². The summed E-state index contributed by atoms with van der Waals surface area (Å²) in [5.74, 6) is 2.06. The summed E-state index contributed by atoms with van der Waals surface area (Å²) >= 11 is 0. The molecule has 1 heteroatoms. The first-order chi connectivity index (χ1) is 4.89. The minimum absolute atomic E-state index is 0.746. The molecule has 0 aromatic rings. The second-order valence-electron chi connectivity index (χ2n) is 3.93. The molecular formula is C9H13N. The highest BCUT2D eigenvalue weighted by atomic mass is 14.9. The Balaban J connectivity index is 1.92. The summed E-state index contributed by atoms with van der Waals surface area (Å²) < 4.78 is 0. The Kier molecular flexibility index (Phi) is 0.704. The fourth-order valence-electron chi connectivity index (χ4n) is 3.08. The maximum Gasteiger partial charge on any atom is 0.0360 e. The molecule has 0 N–H and O–H groups in total. The molecule has 0 radical (unpaired) electrons. The molecule has 3 aliphatic rings. The molecule has 3 unspecified atom stereocenters. The lowest BCUT2D eigenvalue weighted by Crippen LogP contribution is -1.85. The number of hydrogen-bond acceptors (Lipinski definition) is 1. The Bertz CT molecular complexity index is 219. The van der Waals surface area contributed by atoms with Crippen LogP contribution in [-0.2, 0) is 0 Å². The van der Waals surface area contributed by atoms with Gasteiger partial charge in [-0.3, -0.25) is 4.99 Å². The molecule has 54 valence electrons. The van der Waals surface area contributed by atoms with Crippen molar-refractivity contribution in [3.05, 3.63) is 0 Å². The Hall–Kier alpha value is -0.330. The van der Waals surface area contributed by atoms with Gasteiger partial charge >= 0.3 is 0 Å². The van der Waals surface area contributed by atoms with Crippen molar-refractivity contribution in [3.8, 4) is 0 Å². The standard InChI is InChI=1S/C9H13N/c1-2-10-8-7-4-3-6-5-9(6,7)8/h6-7H,2-5H2,1H3/b10-8-. The summed E-state index contributed by atoms with van der Waals surface area (Å²) in [7, 11) is 0. The lowest BCUT2D eigenvalue weighted by molar-refractivity contribution is 0.708. The third kappa shape index (κ3) is 0.363. The Morgan fingerprint density at radius 1 is 1.60 bits per heavy atom. The third-order valence-electron chi connectivity index (χ3n) is 3.63. The predicted molar refractivity (Wildman–Crippen MR) is 41.2 cm³/mol. The van der Waals surface area contributed by atoms with Crippen LogP contribution in [0, 0.1) is 17.3 Å². The fraction of sp³-hybridized carbons (Fsp3) is 0.889. The molecule has 0 aromatic carbocycles. The minimum atomic E-state index is 0.746. The van der Waals surface area contributed by atoms with Crippen molar-refractivity contribution in [1.29, 1.82) is 0 Å². The summed E-state index contributed by atoms with van der Waals surface area (Å²) in [6, 6.07) is 0. The second kappa shape index (κ2) is 1.32. The summed E-state index contributed by atoms with van der Waals surface area (Å²) in [5.41, 5.74) is 2.35. The molecular weight excluding hydrogens is 122 g/mol. The first kappa shape index (κ1) is 5.34. The monoisotopic (exact) mass is 135 g/mol. The first-order valence-electron chi connectivity index (χ1n) is 4.44. The zero-order valence-electron chi connectivity index (χ0n) is 6.43. The Morgan fingerprint density at radius 3 is 3.00 bits per heavy atom. The highest BCUT2D eigenvalue weighted by Gasteiger charge is 2.78. The highest BCUT2D eigenvalue weighted by molar-refractivity contribution is 6.12. The van der Waals surface area contributed by atoms with Gasteiger partial charge < -0.3 is 0 Å². The normalized spacial score (nSPS) is 58.3. The molecule has 0 aromatic heterocycles. The molecule has 3 rings (SSSR count). The first-order valence-corrected chi connectivity index (χ1v) is 4.44. The fourth-order valence-corrected chi connectivity index (χ4v) is 3.08. The van der Waals surface area contributed by atoms with Gasteiger partial charge in [0.25, 0.3) is 0 Å². The van der Waals surface area contributed by atoms with Gasteiger partial charge in [0.15, 0.2) is 0 Å². The van der Waals surface area contributed by atoms with Crippen LogP contribution in [0.1, 0.15) is 26.2 Å². The summed E-state index contributed by atoms with van der Waals surface area (Å²) in [4.78, 5) is 4.55. The van der Waals surface area contributed by atoms with Gasteiger partial charge in [-0.25, -0.2) is 0 Å². The molecule has 0 aliphatic heterocycles. The van der Waals surface area contributed by atoms with Crippen molar-refractivity contribution in [2.45, 2.75) is 26.2 Å². The van der Waals surface area contributed by atoms with Gasteiger partial charge in [0.1, 0.15) is 0 Å². The van der Waals surface area contributed by atoms with E-state index in [9.17, 15) is 0 Å². The zero-order chi connectivity index (χ0) is 6.77. The van der Waals surface area contributed by atoms with Gasteiger partial charge in [-0.05, 0) is 32.1 Å². The maximum atomic E-state index is 4.55. The van der Waals surface area contributed by atoms with E-state index < -0.39 is 0 Å². The van der Waals surface area contributed by atoms with Crippen LogP contribution in [0.4, 0.5) is 0 Å². The van der Waals surface area contributed by atoms with E-state index >= 15 is 0 Å². The molecule has 1 nitrogen and oxygen atoms in total. The van der Waals surface area contributed by atoms with Crippen LogP contribution in [0.15, 0.2) is 4.99 Å². The average molecular weight is 135 g/mol. The number of rotatable bonds is 1. The molecule has 1 spiro atoms. The van der Waals surface area contributed by atoms with E-state index in [0.29, 0.717) is 0 Å². The summed E-state index contributed by atoms with van der Waals surface area (Å²) in [6.45, 7) is 3.16. The Morgan fingerprint density at radius 2 is 2.50 bits per heavy atom. The molecule has 10 heavy (non-hydrogen) atoms. The van der Waals surface area contributed by atoms with Crippen LogP contribution < -0.4 is 0 Å². The molecule has 0 amide bonds. The topological polar surface area (TPSA) is 12.4 Å². The van der Waals surface area contributed by atoms with Crippen LogP contribution in [0.3, 0.4) is 0 Å². The highest BCUT2D eigenvalue weighted by Crippen LogP contribution is 2.79. The lowest BCUT2D eigenvalue weighted by atomic mass is 10.2. The molecule has 3 fully saturated rings. The van der Waals surface area contributed by atoms with Crippen molar-refractivity contribution < 1.29 is 0 Å². The second-order valence-corrected chi connectivity index (χ2v) is 3.93. The molecule has 0 heterocycles. The molecule has 3 atom stereocenters. The molecule has 3 saturated carbocycles. The smallest absolute Gasteiger partial charge is 0.0360 e. The number of aliphatic imine (C=N–C) groups is 1. The molecule has 0 bridgehead atoms. The average Bonchev–Trinajstić information content (AvgIpc) is 2.75. The zero-order valence-corrected chi connectivity index (χ0v) is 6.43. The SMILES string of the molecule is CC/N=C1/C2CCC3CC132. The van der Waals surface area contributed by atoms with E-state index in [0.717, 1.165) is 23.8 Å². The van der Waals surface area contributed by atoms with E-state index in [1.807, 2.05) is 0 Å². The van der Waals surface area contributed by atoms with Crippen molar-refractivity contribution in [1.82, 2.24) is 0 Å². The van der Waals surface area contributed by atoms with Crippen molar-refractivity contribution in [3.63, 3.8) is 0 Å². The van der Waals surface area contributed by atoms with Gasteiger partial charge in [0, 0.05) is 23.6 Å². The number of nitrogens with zero attached hydrogens (tertiary/aromatic N) is 1. The van der Waals surface area contributed by atoms with Crippen LogP contribution in [0.5, 0.6) is 0 Å². The van der Waals surface area contributed by atoms with Crippen molar-refractivity contribution in [2.24, 2.45) is 22.2 Å². The van der Waals surface area contributed by atoms with Gasteiger partial charge in [-0.15, -0.1) is 0 Å². The summed E-state index contributed by atoms with van der Waals surface area (Å²) in [6.07, 6.45) is 4.47. The lowest BCUT2D eigenvalue weighted by Gasteiger charge is -1.88. The van der Waals surface area contributed by atoms with E-state index in [-0.39, 0.29) is 0 Å². The van der Waals surface area contributed by atoms with Gasteiger partial charge in [-0.1, -0.05) is 0 Å². The van der Waals surface area contributed by atoms with Crippen LogP contribution in [0.25, 0.3) is 0 Å². The van der Waals surface area contributed by atoms with Crippen LogP contribution in [0.2, 0.25) is 0 Å². The van der Waals surface area contributed by atoms with Crippen molar-refractivity contribution >= 4 is 5.71 Å². The quantitative estimate of drug-likeness (QED) is 0.520. The van der Waals surface area contributed by atoms with E-state index in [1.165, 1.54) is 19.3 Å². The number of hydrogen-bond donors (Lipinski definition) is 0. The van der Waals surface area contributed by atoms with Gasteiger partial charge in [-0.2, -0.15) is 0 Å². The Labute approximate surface area is 61.5 Å². The predicted octanol–water partition coefficient (Wildman–Crippen LogP) is 1.88. The van der Waals surface area contributed by atoms with E-state index in [1.54, 1.807) is 5.71 Å². The minimum Gasteiger partial charge on any atom is -0.293 e. The van der Waals surface area contributed by atoms with Crippen LogP contribution in [-0.4, -0.2) is 12.3 Å². The van der Waals surface area contributed by atoms with Gasteiger partial charge in [0.2, 0.25) is 0 Å². The maximum absolute atomic E-state index is 4.55. The van der Waals surface area contributed by atoms with E-state index in [2.05, 4.69) is 11.9 Å². The largest absolute Gasteiger partial charge is 0.293 e. The van der Waals surface area contributed by atoms with Gasteiger partial charge in [0.05, 0.1) is 0 Å². The van der Waals surface area contributed by atoms with Crippen molar-refractivity contribution in [2.75, 3.05) is 6.54 Å². The molecule has 3 aliphatic carbocycles. The third-order valence-corrected chi connectivity index (χ3v) is 3.63. The molecule has 0 saturated heterocycles.